The average Bonchev–Trinajstić information content (AvgIpc) is 2.81. The number of nitrogens with two attached hydrogens (primary N) is 1. The number of likely N-dealkylation sites (N-methyl/N-ethyl adjacent to an activating group) is 1. The van der Waals surface area contributed by atoms with Crippen molar-refractivity contribution in [3.63, 3.8) is 0 Å². The summed E-state index contributed by atoms with van der Waals surface area (Å²) in [6, 6.07) is 0.667. The van der Waals surface area contributed by atoms with E-state index in [-0.39, 0.29) is 0 Å². The Bertz CT molecular complexity index is 360. The van der Waals surface area contributed by atoms with E-state index in [2.05, 4.69) is 30.2 Å². The van der Waals surface area contributed by atoms with Crippen molar-refractivity contribution in [3.05, 3.63) is 18.0 Å². The fourth-order valence-electron chi connectivity index (χ4n) is 3.06. The summed E-state index contributed by atoms with van der Waals surface area (Å²) in [4.78, 5) is 2.48. The lowest BCUT2D eigenvalue weighted by Crippen LogP contribution is -2.44. The lowest BCUT2D eigenvalue weighted by molar-refractivity contribution is 0.128. The van der Waals surface area contributed by atoms with E-state index in [9.17, 15) is 0 Å². The number of aryl methyl sites for hydroxylation is 1. The zero-order valence-corrected chi connectivity index (χ0v) is 11.7. The van der Waals surface area contributed by atoms with Gasteiger partial charge in [-0.1, -0.05) is 12.8 Å². The normalized spacial score (nSPS) is 24.7. The summed E-state index contributed by atoms with van der Waals surface area (Å²) in [5.41, 5.74) is 7.13. The summed E-state index contributed by atoms with van der Waals surface area (Å²) in [7, 11) is 2.23. The summed E-state index contributed by atoms with van der Waals surface area (Å²) in [6.45, 7) is 4.94. The summed E-state index contributed by atoms with van der Waals surface area (Å²) in [6.07, 6.45) is 9.33. The lowest BCUT2D eigenvalue weighted by Gasteiger charge is -2.37. The van der Waals surface area contributed by atoms with Crippen LogP contribution < -0.4 is 5.73 Å². The van der Waals surface area contributed by atoms with Gasteiger partial charge in [0, 0.05) is 18.8 Å². The average molecular weight is 250 g/mol. The monoisotopic (exact) mass is 250 g/mol. The summed E-state index contributed by atoms with van der Waals surface area (Å²) >= 11 is 0. The molecule has 1 aliphatic rings. The van der Waals surface area contributed by atoms with Crippen LogP contribution >= 0.6 is 0 Å². The van der Waals surface area contributed by atoms with Gasteiger partial charge in [-0.25, -0.2) is 0 Å². The van der Waals surface area contributed by atoms with Crippen molar-refractivity contribution in [2.45, 2.75) is 45.2 Å². The number of nitrogens with zero attached hydrogens (tertiary/aromatic N) is 3. The van der Waals surface area contributed by atoms with E-state index < -0.39 is 0 Å². The molecule has 2 atom stereocenters. The van der Waals surface area contributed by atoms with E-state index in [1.54, 1.807) is 0 Å². The third-order valence-corrected chi connectivity index (χ3v) is 4.18. The molecule has 0 radical (unpaired) electrons. The van der Waals surface area contributed by atoms with E-state index in [0.717, 1.165) is 19.6 Å². The van der Waals surface area contributed by atoms with Crippen molar-refractivity contribution in [1.82, 2.24) is 14.7 Å². The molecule has 1 saturated carbocycles. The van der Waals surface area contributed by atoms with Crippen LogP contribution in [0.15, 0.2) is 12.4 Å². The van der Waals surface area contributed by atoms with Crippen LogP contribution in [0.3, 0.4) is 0 Å². The van der Waals surface area contributed by atoms with Gasteiger partial charge < -0.3 is 10.6 Å². The second kappa shape index (κ2) is 6.34. The molecular weight excluding hydrogens is 224 g/mol. The topological polar surface area (TPSA) is 47.1 Å². The maximum Gasteiger partial charge on any atom is 0.0536 e. The van der Waals surface area contributed by atoms with Crippen molar-refractivity contribution in [3.8, 4) is 0 Å². The van der Waals surface area contributed by atoms with Crippen LogP contribution in [0.1, 0.15) is 31.2 Å². The molecule has 4 heteroatoms. The number of hydrogen-bond acceptors (Lipinski definition) is 3. The first-order valence-electron chi connectivity index (χ1n) is 7.10. The quantitative estimate of drug-likeness (QED) is 0.864. The number of hydrogen-bond donors (Lipinski definition) is 1. The molecule has 2 unspecified atom stereocenters. The highest BCUT2D eigenvalue weighted by Crippen LogP contribution is 2.26. The molecule has 0 amide bonds. The van der Waals surface area contributed by atoms with Crippen LogP contribution in [0.25, 0.3) is 0 Å². The SMILES string of the molecule is Cc1cnn(CCN(C)C2CCCCC2CN)c1. The van der Waals surface area contributed by atoms with Crippen molar-refractivity contribution < 1.29 is 0 Å². The summed E-state index contributed by atoms with van der Waals surface area (Å²) in [5.74, 6) is 0.683. The van der Waals surface area contributed by atoms with Crippen LogP contribution in [-0.4, -0.2) is 40.9 Å². The molecule has 1 aliphatic carbocycles. The zero-order valence-electron chi connectivity index (χ0n) is 11.7. The van der Waals surface area contributed by atoms with Gasteiger partial charge in [-0.05, 0) is 44.8 Å². The van der Waals surface area contributed by atoms with Crippen LogP contribution in [-0.2, 0) is 6.54 Å². The molecule has 0 aromatic carbocycles. The molecule has 1 aromatic rings. The smallest absolute Gasteiger partial charge is 0.0536 e. The molecule has 102 valence electrons. The number of aromatic nitrogens is 2. The van der Waals surface area contributed by atoms with Crippen LogP contribution in [0, 0.1) is 12.8 Å². The molecule has 1 heterocycles. The minimum Gasteiger partial charge on any atom is -0.330 e. The molecule has 0 saturated heterocycles. The maximum absolute atomic E-state index is 5.90. The zero-order chi connectivity index (χ0) is 13.0. The Morgan fingerprint density at radius 2 is 2.22 bits per heavy atom. The molecule has 0 bridgehead atoms. The van der Waals surface area contributed by atoms with Gasteiger partial charge in [0.05, 0.1) is 12.7 Å². The van der Waals surface area contributed by atoms with Crippen LogP contribution in [0.2, 0.25) is 0 Å². The maximum atomic E-state index is 5.90. The minimum absolute atomic E-state index is 0.667. The largest absolute Gasteiger partial charge is 0.330 e. The molecule has 4 nitrogen and oxygen atoms in total. The highest BCUT2D eigenvalue weighted by molar-refractivity contribution is 4.99. The lowest BCUT2D eigenvalue weighted by atomic mass is 9.84. The molecule has 1 aromatic heterocycles. The van der Waals surface area contributed by atoms with E-state index >= 15 is 0 Å². The van der Waals surface area contributed by atoms with Gasteiger partial charge in [0.2, 0.25) is 0 Å². The molecular formula is C14H26N4. The predicted molar refractivity (Wildman–Crippen MR) is 74.4 cm³/mol. The van der Waals surface area contributed by atoms with Gasteiger partial charge in [0.1, 0.15) is 0 Å². The van der Waals surface area contributed by atoms with Crippen molar-refractivity contribution in [2.75, 3.05) is 20.1 Å². The second-order valence-electron chi connectivity index (χ2n) is 5.61. The Labute approximate surface area is 110 Å². The first kappa shape index (κ1) is 13.6. The standard InChI is InChI=1S/C14H26N4/c1-12-10-16-18(11-12)8-7-17(2)14-6-4-3-5-13(14)9-15/h10-11,13-14H,3-9,15H2,1-2H3. The Morgan fingerprint density at radius 1 is 1.44 bits per heavy atom. The molecule has 2 rings (SSSR count). The van der Waals surface area contributed by atoms with E-state index in [0.29, 0.717) is 12.0 Å². The van der Waals surface area contributed by atoms with Crippen molar-refractivity contribution >= 4 is 0 Å². The van der Waals surface area contributed by atoms with Gasteiger partial charge >= 0.3 is 0 Å². The molecule has 0 aliphatic heterocycles. The predicted octanol–water partition coefficient (Wildman–Crippen LogP) is 1.64. The Hall–Kier alpha value is -0.870. The second-order valence-corrected chi connectivity index (χ2v) is 5.61. The first-order chi connectivity index (χ1) is 8.70. The van der Waals surface area contributed by atoms with Crippen molar-refractivity contribution in [1.29, 1.82) is 0 Å². The molecule has 1 fully saturated rings. The third-order valence-electron chi connectivity index (χ3n) is 4.18. The van der Waals surface area contributed by atoms with Gasteiger partial charge in [0.15, 0.2) is 0 Å². The fourth-order valence-corrected chi connectivity index (χ4v) is 3.06. The van der Waals surface area contributed by atoms with E-state index in [1.165, 1.54) is 31.2 Å². The van der Waals surface area contributed by atoms with E-state index in [4.69, 9.17) is 5.73 Å². The summed E-state index contributed by atoms with van der Waals surface area (Å²) < 4.78 is 2.03. The highest BCUT2D eigenvalue weighted by Gasteiger charge is 2.26. The molecule has 18 heavy (non-hydrogen) atoms. The fraction of sp³-hybridized carbons (Fsp3) is 0.786. The van der Waals surface area contributed by atoms with Gasteiger partial charge in [-0.3, -0.25) is 4.68 Å². The highest BCUT2D eigenvalue weighted by atomic mass is 15.3. The molecule has 0 spiro atoms. The summed E-state index contributed by atoms with van der Waals surface area (Å²) in [5, 5.41) is 4.34. The first-order valence-corrected chi connectivity index (χ1v) is 7.10. The Morgan fingerprint density at radius 3 is 2.89 bits per heavy atom. The molecule has 2 N–H and O–H groups in total. The Kier molecular flexibility index (Phi) is 4.78. The van der Waals surface area contributed by atoms with E-state index in [1.807, 2.05) is 10.9 Å². The van der Waals surface area contributed by atoms with Gasteiger partial charge in [-0.15, -0.1) is 0 Å². The third kappa shape index (κ3) is 3.33. The number of rotatable bonds is 5. The van der Waals surface area contributed by atoms with Crippen LogP contribution in [0.5, 0.6) is 0 Å². The van der Waals surface area contributed by atoms with Gasteiger partial charge in [0.25, 0.3) is 0 Å². The Balaban J connectivity index is 1.84. The van der Waals surface area contributed by atoms with Crippen molar-refractivity contribution in [2.24, 2.45) is 11.7 Å². The minimum atomic E-state index is 0.667. The van der Waals surface area contributed by atoms with Crippen LogP contribution in [0.4, 0.5) is 0 Å². The van der Waals surface area contributed by atoms with Gasteiger partial charge in [-0.2, -0.15) is 5.10 Å².